The number of rotatable bonds is 10. The number of halogens is 1. The molecule has 1 unspecified atom stereocenters. The fraction of sp³-hybridized carbons (Fsp3) is 0.952. The molecule has 1 heterocycles. The van der Waals surface area contributed by atoms with Crippen molar-refractivity contribution in [2.45, 2.75) is 71.8 Å². The lowest BCUT2D eigenvalue weighted by molar-refractivity contribution is 0.109. The third-order valence-electron chi connectivity index (χ3n) is 6.14. The highest BCUT2D eigenvalue weighted by Gasteiger charge is 2.20. The first-order chi connectivity index (χ1) is 12.7. The lowest BCUT2D eigenvalue weighted by Gasteiger charge is -2.37. The van der Waals surface area contributed by atoms with E-state index in [4.69, 9.17) is 4.99 Å². The van der Waals surface area contributed by atoms with Crippen molar-refractivity contribution in [1.29, 1.82) is 0 Å². The number of piperazine rings is 1. The smallest absolute Gasteiger partial charge is 0.191 e. The van der Waals surface area contributed by atoms with Gasteiger partial charge in [0, 0.05) is 45.3 Å². The minimum Gasteiger partial charge on any atom is -0.357 e. The van der Waals surface area contributed by atoms with Crippen LogP contribution in [0, 0.1) is 5.92 Å². The van der Waals surface area contributed by atoms with Crippen LogP contribution in [0.4, 0.5) is 0 Å². The van der Waals surface area contributed by atoms with E-state index in [0.717, 1.165) is 31.5 Å². The van der Waals surface area contributed by atoms with E-state index < -0.39 is 0 Å². The van der Waals surface area contributed by atoms with Gasteiger partial charge in [-0.1, -0.05) is 45.4 Å². The lowest BCUT2D eigenvalue weighted by Crippen LogP contribution is -2.50. The van der Waals surface area contributed by atoms with Crippen molar-refractivity contribution >= 4 is 29.9 Å². The van der Waals surface area contributed by atoms with Gasteiger partial charge in [0.15, 0.2) is 5.96 Å². The second kappa shape index (κ2) is 14.9. The minimum absolute atomic E-state index is 0. The fourth-order valence-corrected chi connectivity index (χ4v) is 4.26. The number of aliphatic imine (C=N–C) groups is 1. The van der Waals surface area contributed by atoms with Crippen molar-refractivity contribution in [1.82, 2.24) is 20.4 Å². The number of guanidine groups is 1. The average molecular weight is 494 g/mol. The summed E-state index contributed by atoms with van der Waals surface area (Å²) in [5, 5.41) is 6.93. The third kappa shape index (κ3) is 9.79. The van der Waals surface area contributed by atoms with Crippen molar-refractivity contribution in [2.75, 3.05) is 52.4 Å². The lowest BCUT2D eigenvalue weighted by atomic mass is 10.0. The van der Waals surface area contributed by atoms with E-state index in [1.54, 1.807) is 0 Å². The first kappa shape index (κ1) is 25.0. The Labute approximate surface area is 185 Å². The molecule has 1 aliphatic heterocycles. The van der Waals surface area contributed by atoms with Gasteiger partial charge in [0.25, 0.3) is 0 Å². The minimum atomic E-state index is 0. The molecule has 0 aromatic rings. The van der Waals surface area contributed by atoms with E-state index in [1.807, 2.05) is 0 Å². The van der Waals surface area contributed by atoms with Crippen molar-refractivity contribution in [3.8, 4) is 0 Å². The summed E-state index contributed by atoms with van der Waals surface area (Å²) >= 11 is 0. The molecule has 0 bridgehead atoms. The van der Waals surface area contributed by atoms with Crippen LogP contribution in [0.15, 0.2) is 4.99 Å². The van der Waals surface area contributed by atoms with E-state index in [1.165, 1.54) is 77.7 Å². The molecule has 160 valence electrons. The van der Waals surface area contributed by atoms with Crippen LogP contribution in [0.3, 0.4) is 0 Å². The molecule has 5 nitrogen and oxygen atoms in total. The van der Waals surface area contributed by atoms with Gasteiger partial charge < -0.3 is 15.5 Å². The largest absolute Gasteiger partial charge is 0.357 e. The maximum Gasteiger partial charge on any atom is 0.191 e. The van der Waals surface area contributed by atoms with Gasteiger partial charge in [0.05, 0.1) is 6.54 Å². The van der Waals surface area contributed by atoms with Gasteiger partial charge >= 0.3 is 0 Å². The molecule has 0 spiro atoms. The Morgan fingerprint density at radius 2 is 1.74 bits per heavy atom. The van der Waals surface area contributed by atoms with Gasteiger partial charge in [-0.25, -0.2) is 0 Å². The third-order valence-corrected chi connectivity index (χ3v) is 6.14. The number of unbranched alkanes of at least 4 members (excludes halogenated alkanes) is 1. The van der Waals surface area contributed by atoms with Crippen LogP contribution in [-0.2, 0) is 0 Å². The van der Waals surface area contributed by atoms with E-state index in [0.29, 0.717) is 6.04 Å². The molecule has 0 aromatic heterocycles. The maximum atomic E-state index is 4.84. The Hall–Kier alpha value is -0.0800. The molecular formula is C21H44IN5. The summed E-state index contributed by atoms with van der Waals surface area (Å²) in [4.78, 5) is 9.96. The van der Waals surface area contributed by atoms with Crippen molar-refractivity contribution in [2.24, 2.45) is 10.9 Å². The molecule has 27 heavy (non-hydrogen) atoms. The first-order valence-electron chi connectivity index (χ1n) is 11.2. The second-order valence-electron chi connectivity index (χ2n) is 8.11. The predicted octanol–water partition coefficient (Wildman–Crippen LogP) is 3.55. The number of nitrogens with zero attached hydrogens (tertiary/aromatic N) is 3. The molecule has 0 amide bonds. The van der Waals surface area contributed by atoms with Crippen LogP contribution in [0.2, 0.25) is 0 Å². The van der Waals surface area contributed by atoms with Gasteiger partial charge in [-0.05, 0) is 32.7 Å². The molecule has 1 saturated heterocycles. The van der Waals surface area contributed by atoms with Crippen LogP contribution >= 0.6 is 24.0 Å². The van der Waals surface area contributed by atoms with E-state index in [2.05, 4.69) is 41.2 Å². The first-order valence-corrected chi connectivity index (χ1v) is 11.2. The van der Waals surface area contributed by atoms with Gasteiger partial charge in [0.1, 0.15) is 0 Å². The summed E-state index contributed by atoms with van der Waals surface area (Å²) in [5.74, 6) is 2.01. The summed E-state index contributed by atoms with van der Waals surface area (Å²) in [7, 11) is 0. The highest BCUT2D eigenvalue weighted by atomic mass is 127. The quantitative estimate of drug-likeness (QED) is 0.212. The van der Waals surface area contributed by atoms with Gasteiger partial charge in [0.2, 0.25) is 0 Å². The number of nitrogens with one attached hydrogen (secondary N) is 2. The molecule has 0 radical (unpaired) electrons. The summed E-state index contributed by atoms with van der Waals surface area (Å²) < 4.78 is 0. The fourth-order valence-electron chi connectivity index (χ4n) is 4.26. The highest BCUT2D eigenvalue weighted by molar-refractivity contribution is 14.0. The second-order valence-corrected chi connectivity index (χ2v) is 8.11. The molecule has 2 rings (SSSR count). The highest BCUT2D eigenvalue weighted by Crippen LogP contribution is 2.28. The average Bonchev–Trinajstić information content (AvgIpc) is 3.19. The van der Waals surface area contributed by atoms with Gasteiger partial charge in [-0.2, -0.15) is 0 Å². The Balaban J connectivity index is 0.00000364. The molecule has 2 fully saturated rings. The van der Waals surface area contributed by atoms with Crippen molar-refractivity contribution in [3.05, 3.63) is 0 Å². The Morgan fingerprint density at radius 1 is 1.04 bits per heavy atom. The zero-order chi connectivity index (χ0) is 18.6. The Morgan fingerprint density at radius 3 is 2.37 bits per heavy atom. The van der Waals surface area contributed by atoms with Crippen LogP contribution in [0.25, 0.3) is 0 Å². The molecule has 1 saturated carbocycles. The molecule has 0 aromatic carbocycles. The zero-order valence-electron chi connectivity index (χ0n) is 18.0. The van der Waals surface area contributed by atoms with Crippen LogP contribution in [0.1, 0.15) is 65.7 Å². The Kier molecular flexibility index (Phi) is 13.7. The van der Waals surface area contributed by atoms with E-state index in [9.17, 15) is 0 Å². The number of likely N-dealkylation sites (N-methyl/N-ethyl adjacent to an activating group) is 1. The zero-order valence-corrected chi connectivity index (χ0v) is 20.3. The Bertz CT molecular complexity index is 390. The summed E-state index contributed by atoms with van der Waals surface area (Å²) in [6, 6.07) is 0.520. The topological polar surface area (TPSA) is 42.9 Å². The van der Waals surface area contributed by atoms with Crippen LogP contribution in [-0.4, -0.2) is 74.2 Å². The monoisotopic (exact) mass is 493 g/mol. The molecule has 1 atom stereocenters. The molecule has 2 aliphatic rings. The van der Waals surface area contributed by atoms with E-state index in [-0.39, 0.29) is 24.0 Å². The van der Waals surface area contributed by atoms with Crippen molar-refractivity contribution in [3.63, 3.8) is 0 Å². The SMILES string of the molecule is CCNC(=NCC(C)N1CCN(CC)CC1)NCCCCC1CCCC1.I. The van der Waals surface area contributed by atoms with E-state index >= 15 is 0 Å². The molecule has 2 N–H and O–H groups in total. The standard InChI is InChI=1S/C21H43N5.HI/c1-4-22-21(23-13-9-8-12-20-10-6-7-11-20)24-18-19(3)26-16-14-25(5-2)15-17-26;/h19-20H,4-18H2,1-3H3,(H2,22,23,24);1H. The normalized spacial score (nSPS) is 21.1. The molecule has 6 heteroatoms. The summed E-state index contributed by atoms with van der Waals surface area (Å²) in [5.41, 5.74) is 0. The molecule has 1 aliphatic carbocycles. The van der Waals surface area contributed by atoms with Crippen LogP contribution in [0.5, 0.6) is 0 Å². The summed E-state index contributed by atoms with van der Waals surface area (Å²) in [6.07, 6.45) is 9.92. The van der Waals surface area contributed by atoms with Gasteiger partial charge in [-0.3, -0.25) is 9.89 Å². The summed E-state index contributed by atoms with van der Waals surface area (Å²) in [6.45, 7) is 15.5. The number of hydrogen-bond donors (Lipinski definition) is 2. The molecular weight excluding hydrogens is 449 g/mol. The predicted molar refractivity (Wildman–Crippen MR) is 128 cm³/mol. The van der Waals surface area contributed by atoms with Crippen LogP contribution < -0.4 is 10.6 Å². The van der Waals surface area contributed by atoms with Gasteiger partial charge in [-0.15, -0.1) is 24.0 Å². The van der Waals surface area contributed by atoms with Crippen molar-refractivity contribution < 1.29 is 0 Å². The number of hydrogen-bond acceptors (Lipinski definition) is 3. The maximum absolute atomic E-state index is 4.84.